The van der Waals surface area contributed by atoms with Gasteiger partial charge in [-0.15, -0.1) is 22.7 Å². The average Bonchev–Trinajstić information content (AvgIpc) is 3.26. The predicted molar refractivity (Wildman–Crippen MR) is 99.8 cm³/mol. The molecule has 0 aliphatic carbocycles. The van der Waals surface area contributed by atoms with Crippen LogP contribution < -0.4 is 10.5 Å². The Kier molecular flexibility index (Phi) is 4.04. The molecule has 25 heavy (non-hydrogen) atoms. The van der Waals surface area contributed by atoms with E-state index in [0.717, 1.165) is 23.8 Å². The summed E-state index contributed by atoms with van der Waals surface area (Å²) in [5, 5.41) is 3.51. The van der Waals surface area contributed by atoms with Gasteiger partial charge in [-0.2, -0.15) is 0 Å². The van der Waals surface area contributed by atoms with Crippen molar-refractivity contribution in [1.29, 1.82) is 0 Å². The first-order valence-corrected chi connectivity index (χ1v) is 9.64. The number of thiazole rings is 1. The molecule has 3 aromatic rings. The molecular formula is C16H17N5O2S2. The molecule has 4 rings (SSSR count). The second-order valence-corrected chi connectivity index (χ2v) is 7.86. The quantitative estimate of drug-likeness (QED) is 0.682. The lowest BCUT2D eigenvalue weighted by Crippen LogP contribution is -2.48. The lowest BCUT2D eigenvalue weighted by Gasteiger charge is -2.34. The number of rotatable bonds is 2. The fourth-order valence-electron chi connectivity index (χ4n) is 3.03. The number of aromatic nitrogens is 3. The van der Waals surface area contributed by atoms with Crippen molar-refractivity contribution in [2.75, 3.05) is 31.1 Å². The number of fused-ring (bicyclic) bond motifs is 1. The predicted octanol–water partition coefficient (Wildman–Crippen LogP) is 1.72. The van der Waals surface area contributed by atoms with E-state index in [2.05, 4.69) is 14.9 Å². The molecule has 1 saturated heterocycles. The molecule has 0 N–H and O–H groups in total. The molecule has 0 radical (unpaired) electrons. The van der Waals surface area contributed by atoms with Gasteiger partial charge in [0.25, 0.3) is 11.5 Å². The van der Waals surface area contributed by atoms with E-state index in [4.69, 9.17) is 0 Å². The molecule has 130 valence electrons. The molecule has 7 nitrogen and oxygen atoms in total. The van der Waals surface area contributed by atoms with E-state index in [1.165, 1.54) is 22.2 Å². The zero-order valence-electron chi connectivity index (χ0n) is 13.9. The Morgan fingerprint density at radius 3 is 2.64 bits per heavy atom. The van der Waals surface area contributed by atoms with E-state index in [1.807, 2.05) is 17.2 Å². The third kappa shape index (κ3) is 2.73. The molecule has 0 saturated carbocycles. The highest BCUT2D eigenvalue weighted by Crippen LogP contribution is 2.28. The van der Waals surface area contributed by atoms with E-state index >= 15 is 0 Å². The van der Waals surface area contributed by atoms with Crippen molar-refractivity contribution in [2.24, 2.45) is 7.05 Å². The lowest BCUT2D eigenvalue weighted by atomic mass is 10.2. The van der Waals surface area contributed by atoms with Gasteiger partial charge in [0.1, 0.15) is 4.83 Å². The Labute approximate surface area is 152 Å². The van der Waals surface area contributed by atoms with Gasteiger partial charge in [-0.1, -0.05) is 0 Å². The molecule has 9 heteroatoms. The van der Waals surface area contributed by atoms with Crippen LogP contribution in [0.25, 0.3) is 10.2 Å². The standard InChI is InChI=1S/C16H17N5O2S2/c1-10-11-13(18-9-19(2)14(11)22)25-12(10)15(23)20-4-6-21(7-5-20)16-17-3-8-24-16/h3,8-9H,4-7H2,1-2H3. The summed E-state index contributed by atoms with van der Waals surface area (Å²) in [6.45, 7) is 4.67. The van der Waals surface area contributed by atoms with Gasteiger partial charge < -0.3 is 14.4 Å². The summed E-state index contributed by atoms with van der Waals surface area (Å²) in [6.07, 6.45) is 3.30. The third-order valence-electron chi connectivity index (χ3n) is 4.46. The Hall–Kier alpha value is -2.26. The van der Waals surface area contributed by atoms with Crippen LogP contribution in [-0.2, 0) is 7.05 Å². The van der Waals surface area contributed by atoms with Gasteiger partial charge in [0.15, 0.2) is 5.13 Å². The average molecular weight is 375 g/mol. The summed E-state index contributed by atoms with van der Waals surface area (Å²) < 4.78 is 1.45. The molecule has 1 fully saturated rings. The van der Waals surface area contributed by atoms with Crippen LogP contribution >= 0.6 is 22.7 Å². The highest BCUT2D eigenvalue weighted by atomic mass is 32.1. The van der Waals surface area contributed by atoms with Crippen LogP contribution in [0.3, 0.4) is 0 Å². The zero-order valence-corrected chi connectivity index (χ0v) is 15.6. The smallest absolute Gasteiger partial charge is 0.264 e. The number of aryl methyl sites for hydroxylation is 2. The fraction of sp³-hybridized carbons (Fsp3) is 0.375. The molecule has 0 atom stereocenters. The second-order valence-electron chi connectivity index (χ2n) is 5.99. The van der Waals surface area contributed by atoms with Crippen LogP contribution in [0.2, 0.25) is 0 Å². The summed E-state index contributed by atoms with van der Waals surface area (Å²) in [5.41, 5.74) is 0.632. The Morgan fingerprint density at radius 2 is 1.96 bits per heavy atom. The van der Waals surface area contributed by atoms with E-state index < -0.39 is 0 Å². The molecular weight excluding hydrogens is 358 g/mol. The summed E-state index contributed by atoms with van der Waals surface area (Å²) in [4.78, 5) is 39.2. The van der Waals surface area contributed by atoms with Crippen LogP contribution in [0.1, 0.15) is 15.2 Å². The first-order valence-electron chi connectivity index (χ1n) is 7.94. The zero-order chi connectivity index (χ0) is 17.6. The van der Waals surface area contributed by atoms with E-state index in [1.54, 1.807) is 24.6 Å². The van der Waals surface area contributed by atoms with Crippen LogP contribution in [0.15, 0.2) is 22.7 Å². The first kappa shape index (κ1) is 16.2. The van der Waals surface area contributed by atoms with Gasteiger partial charge >= 0.3 is 0 Å². The minimum Gasteiger partial charge on any atom is -0.345 e. The van der Waals surface area contributed by atoms with Crippen molar-refractivity contribution in [1.82, 2.24) is 19.4 Å². The summed E-state index contributed by atoms with van der Waals surface area (Å²) in [7, 11) is 1.67. The number of nitrogens with zero attached hydrogens (tertiary/aromatic N) is 5. The first-order chi connectivity index (χ1) is 12.1. The van der Waals surface area contributed by atoms with E-state index in [9.17, 15) is 9.59 Å². The number of carbonyl (C=O) groups excluding carboxylic acids is 1. The molecule has 1 amide bonds. The lowest BCUT2D eigenvalue weighted by molar-refractivity contribution is 0.0751. The number of piperazine rings is 1. The minimum atomic E-state index is -0.105. The highest BCUT2D eigenvalue weighted by molar-refractivity contribution is 7.20. The normalized spacial score (nSPS) is 15.1. The van der Waals surface area contributed by atoms with Crippen LogP contribution in [0.4, 0.5) is 5.13 Å². The minimum absolute atomic E-state index is 0.0126. The molecule has 0 unspecified atom stereocenters. The molecule has 4 heterocycles. The van der Waals surface area contributed by atoms with Crippen molar-refractivity contribution >= 4 is 43.9 Å². The molecule has 1 aliphatic heterocycles. The fourth-order valence-corrected chi connectivity index (χ4v) is 4.83. The molecule has 0 bridgehead atoms. The number of anilines is 1. The van der Waals surface area contributed by atoms with Crippen LogP contribution in [-0.4, -0.2) is 51.5 Å². The van der Waals surface area contributed by atoms with Gasteiger partial charge in [-0.05, 0) is 12.5 Å². The summed E-state index contributed by atoms with van der Waals surface area (Å²) in [6, 6.07) is 0. The van der Waals surface area contributed by atoms with Gasteiger partial charge in [0, 0.05) is 44.8 Å². The van der Waals surface area contributed by atoms with Gasteiger partial charge in [-0.25, -0.2) is 9.97 Å². The van der Waals surface area contributed by atoms with E-state index in [-0.39, 0.29) is 11.5 Å². The Balaban J connectivity index is 1.58. The maximum absolute atomic E-state index is 12.9. The largest absolute Gasteiger partial charge is 0.345 e. The summed E-state index contributed by atoms with van der Waals surface area (Å²) >= 11 is 2.92. The molecule has 1 aliphatic rings. The third-order valence-corrected chi connectivity index (χ3v) is 6.48. The van der Waals surface area contributed by atoms with Crippen molar-refractivity contribution in [3.63, 3.8) is 0 Å². The topological polar surface area (TPSA) is 71.3 Å². The monoisotopic (exact) mass is 375 g/mol. The highest BCUT2D eigenvalue weighted by Gasteiger charge is 2.27. The van der Waals surface area contributed by atoms with Crippen molar-refractivity contribution < 1.29 is 4.79 Å². The van der Waals surface area contributed by atoms with Gasteiger partial charge in [0.2, 0.25) is 0 Å². The molecule has 3 aromatic heterocycles. The second kappa shape index (κ2) is 6.23. The van der Waals surface area contributed by atoms with Crippen LogP contribution in [0.5, 0.6) is 0 Å². The van der Waals surface area contributed by atoms with Crippen molar-refractivity contribution in [3.8, 4) is 0 Å². The molecule has 0 aromatic carbocycles. The maximum atomic E-state index is 12.9. The Morgan fingerprint density at radius 1 is 1.20 bits per heavy atom. The number of hydrogen-bond donors (Lipinski definition) is 0. The van der Waals surface area contributed by atoms with Crippen LogP contribution in [0, 0.1) is 6.92 Å². The number of amides is 1. The maximum Gasteiger partial charge on any atom is 0.264 e. The Bertz CT molecular complexity index is 984. The number of carbonyl (C=O) groups is 1. The number of thiophene rings is 1. The van der Waals surface area contributed by atoms with Crippen molar-refractivity contribution in [3.05, 3.63) is 38.7 Å². The molecule has 0 spiro atoms. The van der Waals surface area contributed by atoms with Gasteiger partial charge in [-0.3, -0.25) is 9.59 Å². The van der Waals surface area contributed by atoms with Crippen molar-refractivity contribution in [2.45, 2.75) is 6.92 Å². The SMILES string of the molecule is Cc1c(C(=O)N2CCN(c3nccs3)CC2)sc2ncn(C)c(=O)c12. The van der Waals surface area contributed by atoms with Gasteiger partial charge in [0.05, 0.1) is 16.6 Å². The summed E-state index contributed by atoms with van der Waals surface area (Å²) in [5.74, 6) is -0.0126. The van der Waals surface area contributed by atoms with E-state index in [0.29, 0.717) is 28.2 Å². The number of hydrogen-bond acceptors (Lipinski definition) is 7.